The summed E-state index contributed by atoms with van der Waals surface area (Å²) in [6.45, 7) is 3.62. The van der Waals surface area contributed by atoms with Crippen LogP contribution in [0.5, 0.6) is 0 Å². The van der Waals surface area contributed by atoms with Gasteiger partial charge in [-0.3, -0.25) is 0 Å². The molecule has 0 aliphatic heterocycles. The van der Waals surface area contributed by atoms with Crippen molar-refractivity contribution >= 4 is 9.84 Å². The Labute approximate surface area is 102 Å². The standard InChI is InChI=1S/C13H15NO2S/c1-3-17(15,16)13-11(8-14)12(13)10-6-4-9(2)5-7-10/h4-7,11-13H,3H2,1-2H3/t11-,12-,13+/m0/s1. The van der Waals surface area contributed by atoms with Gasteiger partial charge in [0, 0.05) is 11.7 Å². The number of hydrogen-bond donors (Lipinski definition) is 0. The van der Waals surface area contributed by atoms with E-state index in [-0.39, 0.29) is 17.6 Å². The van der Waals surface area contributed by atoms with Gasteiger partial charge in [0.2, 0.25) is 0 Å². The summed E-state index contributed by atoms with van der Waals surface area (Å²) >= 11 is 0. The number of benzene rings is 1. The van der Waals surface area contributed by atoms with Crippen LogP contribution in [0.4, 0.5) is 0 Å². The number of hydrogen-bond acceptors (Lipinski definition) is 3. The molecule has 1 aromatic carbocycles. The third kappa shape index (κ3) is 2.07. The molecule has 17 heavy (non-hydrogen) atoms. The highest BCUT2D eigenvalue weighted by atomic mass is 32.2. The van der Waals surface area contributed by atoms with Crippen molar-refractivity contribution in [1.82, 2.24) is 0 Å². The summed E-state index contributed by atoms with van der Waals surface area (Å²) in [5, 5.41) is 8.51. The first-order valence-corrected chi connectivity index (χ1v) is 7.40. The largest absolute Gasteiger partial charge is 0.228 e. The maximum absolute atomic E-state index is 11.8. The molecule has 1 aromatic rings. The first-order valence-electron chi connectivity index (χ1n) is 5.69. The number of aryl methyl sites for hydroxylation is 1. The van der Waals surface area contributed by atoms with Crippen LogP contribution >= 0.6 is 0 Å². The molecule has 0 unspecified atom stereocenters. The third-order valence-electron chi connectivity index (χ3n) is 3.38. The highest BCUT2D eigenvalue weighted by Crippen LogP contribution is 2.52. The van der Waals surface area contributed by atoms with Gasteiger partial charge in [-0.15, -0.1) is 0 Å². The van der Waals surface area contributed by atoms with Crippen LogP contribution in [0.15, 0.2) is 24.3 Å². The topological polar surface area (TPSA) is 57.9 Å². The lowest BCUT2D eigenvalue weighted by atomic mass is 10.1. The van der Waals surface area contributed by atoms with Crippen LogP contribution in [-0.2, 0) is 9.84 Å². The van der Waals surface area contributed by atoms with Gasteiger partial charge in [0.25, 0.3) is 0 Å². The van der Waals surface area contributed by atoms with Gasteiger partial charge in [-0.1, -0.05) is 36.8 Å². The van der Waals surface area contributed by atoms with Crippen LogP contribution in [0.25, 0.3) is 0 Å². The Balaban J connectivity index is 2.30. The Hall–Kier alpha value is -1.34. The lowest BCUT2D eigenvalue weighted by Crippen LogP contribution is -2.12. The SMILES string of the molecule is CCS(=O)(=O)[C@@H]1[C@@H](C#N)[C@@H]1c1ccc(C)cc1. The van der Waals surface area contributed by atoms with Crippen molar-refractivity contribution in [3.63, 3.8) is 0 Å². The fourth-order valence-corrected chi connectivity index (χ4v) is 4.01. The number of rotatable bonds is 3. The van der Waals surface area contributed by atoms with Gasteiger partial charge in [0.05, 0.1) is 17.2 Å². The molecular weight excluding hydrogens is 234 g/mol. The minimum Gasteiger partial charge on any atom is -0.228 e. The van der Waals surface area contributed by atoms with Crippen molar-refractivity contribution < 1.29 is 8.42 Å². The second-order valence-corrected chi connectivity index (χ2v) is 6.95. The first-order chi connectivity index (χ1) is 8.01. The minimum atomic E-state index is -3.12. The van der Waals surface area contributed by atoms with Crippen LogP contribution < -0.4 is 0 Å². The van der Waals surface area contributed by atoms with Crippen LogP contribution in [0.1, 0.15) is 24.0 Å². The van der Waals surface area contributed by atoms with Crippen molar-refractivity contribution in [2.75, 3.05) is 5.75 Å². The van der Waals surface area contributed by atoms with E-state index >= 15 is 0 Å². The Kier molecular flexibility index (Phi) is 2.96. The zero-order chi connectivity index (χ0) is 12.6. The van der Waals surface area contributed by atoms with Gasteiger partial charge in [-0.2, -0.15) is 5.26 Å². The summed E-state index contributed by atoms with van der Waals surface area (Å²) in [7, 11) is -3.12. The van der Waals surface area contributed by atoms with E-state index < -0.39 is 15.1 Å². The maximum atomic E-state index is 11.8. The van der Waals surface area contributed by atoms with E-state index in [0.29, 0.717) is 0 Å². The van der Waals surface area contributed by atoms with Crippen molar-refractivity contribution in [2.24, 2.45) is 5.92 Å². The molecule has 3 atom stereocenters. The summed E-state index contributed by atoms with van der Waals surface area (Å²) in [6.07, 6.45) is 0. The minimum absolute atomic E-state index is 0.109. The average Bonchev–Trinajstić information content (AvgIpc) is 3.05. The lowest BCUT2D eigenvalue weighted by Gasteiger charge is -2.01. The van der Waals surface area contributed by atoms with E-state index in [1.54, 1.807) is 6.92 Å². The summed E-state index contributed by atoms with van der Waals surface area (Å²) in [5.74, 6) is -0.397. The van der Waals surface area contributed by atoms with E-state index in [2.05, 4.69) is 6.07 Å². The molecule has 0 saturated heterocycles. The molecule has 0 aromatic heterocycles. The van der Waals surface area contributed by atoms with Gasteiger partial charge in [0.15, 0.2) is 9.84 Å². The summed E-state index contributed by atoms with van der Waals surface area (Å²) in [5.41, 5.74) is 2.10. The second-order valence-electron chi connectivity index (χ2n) is 4.51. The monoisotopic (exact) mass is 249 g/mol. The van der Waals surface area contributed by atoms with E-state index in [9.17, 15) is 8.42 Å². The van der Waals surface area contributed by atoms with Crippen LogP contribution in [-0.4, -0.2) is 19.4 Å². The van der Waals surface area contributed by atoms with E-state index in [1.807, 2.05) is 31.2 Å². The van der Waals surface area contributed by atoms with Crippen LogP contribution in [0.3, 0.4) is 0 Å². The quantitative estimate of drug-likeness (QED) is 0.823. The highest BCUT2D eigenvalue weighted by Gasteiger charge is 2.58. The van der Waals surface area contributed by atoms with Gasteiger partial charge < -0.3 is 0 Å². The number of nitrogens with zero attached hydrogens (tertiary/aromatic N) is 1. The van der Waals surface area contributed by atoms with Gasteiger partial charge in [-0.05, 0) is 12.5 Å². The van der Waals surface area contributed by atoms with Crippen molar-refractivity contribution in [2.45, 2.75) is 25.0 Å². The van der Waals surface area contributed by atoms with Crippen LogP contribution in [0.2, 0.25) is 0 Å². The Morgan fingerprint density at radius 1 is 1.29 bits per heavy atom. The Morgan fingerprint density at radius 2 is 1.88 bits per heavy atom. The molecule has 1 fully saturated rings. The molecule has 0 bridgehead atoms. The third-order valence-corrected chi connectivity index (χ3v) is 5.60. The van der Waals surface area contributed by atoms with Gasteiger partial charge in [0.1, 0.15) is 0 Å². The van der Waals surface area contributed by atoms with E-state index in [0.717, 1.165) is 11.1 Å². The fraction of sp³-hybridized carbons (Fsp3) is 0.462. The van der Waals surface area contributed by atoms with E-state index in [4.69, 9.17) is 5.26 Å². The van der Waals surface area contributed by atoms with Crippen molar-refractivity contribution in [3.8, 4) is 6.07 Å². The maximum Gasteiger partial charge on any atom is 0.154 e. The molecule has 1 aliphatic rings. The average molecular weight is 249 g/mol. The first kappa shape index (κ1) is 12.1. The summed E-state index contributed by atoms with van der Waals surface area (Å²) in [6, 6.07) is 9.88. The Bertz CT molecular complexity index is 554. The smallest absolute Gasteiger partial charge is 0.154 e. The molecular formula is C13H15NO2S. The fourth-order valence-electron chi connectivity index (χ4n) is 2.26. The lowest BCUT2D eigenvalue weighted by molar-refractivity contribution is 0.594. The molecule has 0 spiro atoms. The summed E-state index contributed by atoms with van der Waals surface area (Å²) in [4.78, 5) is 0. The van der Waals surface area contributed by atoms with E-state index in [1.165, 1.54) is 0 Å². The van der Waals surface area contributed by atoms with Gasteiger partial charge >= 0.3 is 0 Å². The number of nitriles is 1. The molecule has 1 saturated carbocycles. The molecule has 0 radical (unpaired) electrons. The van der Waals surface area contributed by atoms with Crippen LogP contribution in [0, 0.1) is 24.2 Å². The molecule has 0 amide bonds. The molecule has 4 heteroatoms. The second kappa shape index (κ2) is 4.15. The molecule has 2 rings (SSSR count). The zero-order valence-corrected chi connectivity index (χ0v) is 10.7. The predicted octanol–water partition coefficient (Wildman–Crippen LogP) is 2.04. The molecule has 1 aliphatic carbocycles. The number of sulfone groups is 1. The van der Waals surface area contributed by atoms with Crippen molar-refractivity contribution in [1.29, 1.82) is 5.26 Å². The summed E-state index contributed by atoms with van der Waals surface area (Å²) < 4.78 is 23.7. The predicted molar refractivity (Wildman–Crippen MR) is 66.3 cm³/mol. The molecule has 0 heterocycles. The zero-order valence-electron chi connectivity index (χ0n) is 9.92. The molecule has 0 N–H and O–H groups in total. The molecule has 90 valence electrons. The molecule has 3 nitrogen and oxygen atoms in total. The van der Waals surface area contributed by atoms with Gasteiger partial charge in [-0.25, -0.2) is 8.42 Å². The van der Waals surface area contributed by atoms with Crippen molar-refractivity contribution in [3.05, 3.63) is 35.4 Å². The highest BCUT2D eigenvalue weighted by molar-refractivity contribution is 7.92. The normalized spacial score (nSPS) is 27.5. The Morgan fingerprint density at radius 3 is 2.35 bits per heavy atom.